The van der Waals surface area contributed by atoms with E-state index in [0.29, 0.717) is 15.6 Å². The van der Waals surface area contributed by atoms with Crippen molar-refractivity contribution in [1.29, 1.82) is 0 Å². The van der Waals surface area contributed by atoms with Crippen LogP contribution < -0.4 is 4.90 Å². The summed E-state index contributed by atoms with van der Waals surface area (Å²) in [6.07, 6.45) is 3.31. The van der Waals surface area contributed by atoms with Crippen LogP contribution in [-0.4, -0.2) is 19.9 Å². The molecule has 2 aromatic rings. The molecule has 4 heteroatoms. The summed E-state index contributed by atoms with van der Waals surface area (Å²) in [5, 5.41) is 0.822. The van der Waals surface area contributed by atoms with Crippen molar-refractivity contribution >= 4 is 40.7 Å². The molecule has 0 aliphatic carbocycles. The fourth-order valence-electron chi connectivity index (χ4n) is 1.80. The average Bonchev–Trinajstić information content (AvgIpc) is 2.48. The van der Waals surface area contributed by atoms with Gasteiger partial charge in [-0.2, -0.15) is 0 Å². The molecule has 0 spiro atoms. The highest BCUT2D eigenvalue weighted by atomic mass is 35.5. The maximum Gasteiger partial charge on any atom is 0.185 e. The van der Waals surface area contributed by atoms with Gasteiger partial charge in [0, 0.05) is 25.3 Å². The number of carbonyl (C=O) groups excluding carboxylic acids is 1. The molecule has 0 heterocycles. The van der Waals surface area contributed by atoms with E-state index in [1.165, 1.54) is 6.08 Å². The zero-order valence-corrected chi connectivity index (χ0v) is 13.3. The summed E-state index contributed by atoms with van der Waals surface area (Å²) in [5.74, 6) is -0.106. The monoisotopic (exact) mass is 319 g/mol. The number of nitrogens with zero attached hydrogens (tertiary/aromatic N) is 1. The lowest BCUT2D eigenvalue weighted by Gasteiger charge is -2.11. The van der Waals surface area contributed by atoms with Gasteiger partial charge in [-0.25, -0.2) is 0 Å². The Bertz CT molecular complexity index is 676. The van der Waals surface area contributed by atoms with Gasteiger partial charge in [0.2, 0.25) is 0 Å². The van der Waals surface area contributed by atoms with E-state index in [1.807, 2.05) is 43.3 Å². The molecular weight excluding hydrogens is 305 g/mol. The highest BCUT2D eigenvalue weighted by Crippen LogP contribution is 2.23. The zero-order valence-electron chi connectivity index (χ0n) is 11.8. The normalized spacial score (nSPS) is 10.9. The number of benzene rings is 2. The number of anilines is 1. The molecule has 0 bridgehead atoms. The standard InChI is InChI=1S/C17H15Cl2NO/c1-20(2)14-7-3-12(4-8-14)5-10-17(21)13-6-9-15(18)16(19)11-13/h3-11H,1-2H3. The molecule has 0 radical (unpaired) electrons. The van der Waals surface area contributed by atoms with Gasteiger partial charge in [0.1, 0.15) is 0 Å². The van der Waals surface area contributed by atoms with Crippen molar-refractivity contribution in [2.24, 2.45) is 0 Å². The van der Waals surface area contributed by atoms with Crippen molar-refractivity contribution in [2.45, 2.75) is 0 Å². The minimum absolute atomic E-state index is 0.106. The van der Waals surface area contributed by atoms with E-state index in [-0.39, 0.29) is 5.78 Å². The fraction of sp³-hybridized carbons (Fsp3) is 0.118. The third-order valence-electron chi connectivity index (χ3n) is 3.04. The first-order chi connectivity index (χ1) is 9.97. The van der Waals surface area contributed by atoms with E-state index >= 15 is 0 Å². The summed E-state index contributed by atoms with van der Waals surface area (Å²) in [6.45, 7) is 0. The van der Waals surface area contributed by atoms with Crippen molar-refractivity contribution in [3.8, 4) is 0 Å². The Balaban J connectivity index is 2.12. The molecule has 0 aromatic heterocycles. The molecule has 0 saturated heterocycles. The number of allylic oxidation sites excluding steroid dienone is 1. The number of halogens is 2. The second-order valence-corrected chi connectivity index (χ2v) is 5.63. The largest absolute Gasteiger partial charge is 0.378 e. The number of rotatable bonds is 4. The number of carbonyl (C=O) groups is 1. The van der Waals surface area contributed by atoms with E-state index in [0.717, 1.165) is 11.3 Å². The van der Waals surface area contributed by atoms with Crippen LogP contribution in [0.15, 0.2) is 48.5 Å². The van der Waals surface area contributed by atoms with Gasteiger partial charge in [-0.05, 0) is 42.0 Å². The molecule has 0 atom stereocenters. The van der Waals surface area contributed by atoms with E-state index in [2.05, 4.69) is 0 Å². The van der Waals surface area contributed by atoms with Crippen LogP contribution in [0.1, 0.15) is 15.9 Å². The van der Waals surface area contributed by atoms with E-state index in [4.69, 9.17) is 23.2 Å². The van der Waals surface area contributed by atoms with Crippen LogP contribution >= 0.6 is 23.2 Å². The lowest BCUT2D eigenvalue weighted by molar-refractivity contribution is 0.104. The predicted octanol–water partition coefficient (Wildman–Crippen LogP) is 4.96. The van der Waals surface area contributed by atoms with Crippen molar-refractivity contribution in [3.63, 3.8) is 0 Å². The van der Waals surface area contributed by atoms with Crippen LogP contribution in [0, 0.1) is 0 Å². The van der Waals surface area contributed by atoms with Gasteiger partial charge in [-0.15, -0.1) is 0 Å². The third kappa shape index (κ3) is 4.10. The van der Waals surface area contributed by atoms with E-state index in [9.17, 15) is 4.79 Å². The van der Waals surface area contributed by atoms with Gasteiger partial charge < -0.3 is 4.90 Å². The first-order valence-electron chi connectivity index (χ1n) is 6.42. The van der Waals surface area contributed by atoms with Crippen LogP contribution in [0.4, 0.5) is 5.69 Å². The second-order valence-electron chi connectivity index (χ2n) is 4.81. The lowest BCUT2D eigenvalue weighted by Crippen LogP contribution is -2.07. The molecule has 0 amide bonds. The fourth-order valence-corrected chi connectivity index (χ4v) is 2.10. The maximum absolute atomic E-state index is 12.1. The van der Waals surface area contributed by atoms with Crippen molar-refractivity contribution < 1.29 is 4.79 Å². The molecule has 21 heavy (non-hydrogen) atoms. The Kier molecular flexibility index (Phi) is 5.05. The summed E-state index contributed by atoms with van der Waals surface area (Å²) < 4.78 is 0. The second kappa shape index (κ2) is 6.79. The molecule has 0 saturated carbocycles. The zero-order chi connectivity index (χ0) is 15.4. The van der Waals surface area contributed by atoms with Crippen molar-refractivity contribution in [3.05, 3.63) is 69.7 Å². The topological polar surface area (TPSA) is 20.3 Å². The first kappa shape index (κ1) is 15.6. The summed E-state index contributed by atoms with van der Waals surface area (Å²) in [4.78, 5) is 14.1. The quantitative estimate of drug-likeness (QED) is 0.586. The van der Waals surface area contributed by atoms with Gasteiger partial charge in [0.25, 0.3) is 0 Å². The Morgan fingerprint density at radius 1 is 1.00 bits per heavy atom. The minimum Gasteiger partial charge on any atom is -0.378 e. The summed E-state index contributed by atoms with van der Waals surface area (Å²) in [5.41, 5.74) is 2.60. The SMILES string of the molecule is CN(C)c1ccc(C=CC(=O)c2ccc(Cl)c(Cl)c2)cc1. The molecule has 0 aliphatic heterocycles. The third-order valence-corrected chi connectivity index (χ3v) is 3.78. The molecule has 0 aliphatic rings. The van der Waals surface area contributed by atoms with E-state index in [1.54, 1.807) is 24.3 Å². The Labute approximate surface area is 134 Å². The van der Waals surface area contributed by atoms with Gasteiger partial charge >= 0.3 is 0 Å². The van der Waals surface area contributed by atoms with Crippen LogP contribution in [0.3, 0.4) is 0 Å². The molecule has 0 unspecified atom stereocenters. The number of ketones is 1. The molecule has 0 fully saturated rings. The Hall–Kier alpha value is -1.77. The molecular formula is C17H15Cl2NO. The first-order valence-corrected chi connectivity index (χ1v) is 7.18. The smallest absolute Gasteiger partial charge is 0.185 e. The average molecular weight is 320 g/mol. The summed E-state index contributed by atoms with van der Waals surface area (Å²) in [6, 6.07) is 12.8. The van der Waals surface area contributed by atoms with Gasteiger partial charge in [-0.3, -0.25) is 4.79 Å². The van der Waals surface area contributed by atoms with Crippen molar-refractivity contribution in [1.82, 2.24) is 0 Å². The van der Waals surface area contributed by atoms with Gasteiger partial charge in [-0.1, -0.05) is 41.4 Å². The summed E-state index contributed by atoms with van der Waals surface area (Å²) in [7, 11) is 3.97. The van der Waals surface area contributed by atoms with Gasteiger partial charge in [0.05, 0.1) is 10.0 Å². The molecule has 2 rings (SSSR count). The highest BCUT2D eigenvalue weighted by molar-refractivity contribution is 6.42. The molecule has 0 N–H and O–H groups in total. The lowest BCUT2D eigenvalue weighted by atomic mass is 10.1. The molecule has 108 valence electrons. The van der Waals surface area contributed by atoms with Crippen LogP contribution in [0.5, 0.6) is 0 Å². The number of hydrogen-bond donors (Lipinski definition) is 0. The van der Waals surface area contributed by atoms with Gasteiger partial charge in [0.15, 0.2) is 5.78 Å². The van der Waals surface area contributed by atoms with Crippen LogP contribution in [0.25, 0.3) is 6.08 Å². The predicted molar refractivity (Wildman–Crippen MR) is 90.6 cm³/mol. The van der Waals surface area contributed by atoms with Crippen LogP contribution in [0.2, 0.25) is 10.0 Å². The van der Waals surface area contributed by atoms with E-state index < -0.39 is 0 Å². The minimum atomic E-state index is -0.106. The number of hydrogen-bond acceptors (Lipinski definition) is 2. The molecule has 2 nitrogen and oxygen atoms in total. The van der Waals surface area contributed by atoms with Crippen LogP contribution in [-0.2, 0) is 0 Å². The maximum atomic E-state index is 12.1. The Morgan fingerprint density at radius 2 is 1.67 bits per heavy atom. The Morgan fingerprint density at radius 3 is 2.24 bits per heavy atom. The molecule has 2 aromatic carbocycles. The highest BCUT2D eigenvalue weighted by Gasteiger charge is 2.05. The van der Waals surface area contributed by atoms with Crippen molar-refractivity contribution in [2.75, 3.05) is 19.0 Å². The summed E-state index contributed by atoms with van der Waals surface area (Å²) >= 11 is 11.7.